The van der Waals surface area contributed by atoms with Gasteiger partial charge in [-0.25, -0.2) is 0 Å². The van der Waals surface area contributed by atoms with Crippen LogP contribution in [0.15, 0.2) is 22.8 Å². The lowest BCUT2D eigenvalue weighted by molar-refractivity contribution is -0.0458. The maximum absolute atomic E-state index is 5.92. The average Bonchev–Trinajstić information content (AvgIpc) is 2.61. The maximum atomic E-state index is 5.92. The number of pyridine rings is 1. The Labute approximate surface area is 123 Å². The molecule has 2 aliphatic rings. The summed E-state index contributed by atoms with van der Waals surface area (Å²) >= 11 is 3.47. The van der Waals surface area contributed by atoms with Gasteiger partial charge in [0.2, 0.25) is 0 Å². The van der Waals surface area contributed by atoms with Gasteiger partial charge in [0.25, 0.3) is 0 Å². The Hall–Kier alpha value is -0.450. The van der Waals surface area contributed by atoms with Crippen LogP contribution < -0.4 is 0 Å². The van der Waals surface area contributed by atoms with Gasteiger partial charge in [0, 0.05) is 23.3 Å². The van der Waals surface area contributed by atoms with Crippen LogP contribution in [0.3, 0.4) is 0 Å². The Morgan fingerprint density at radius 1 is 1.53 bits per heavy atom. The second kappa shape index (κ2) is 5.15. The molecule has 0 N–H and O–H groups in total. The van der Waals surface area contributed by atoms with Crippen LogP contribution in [0.4, 0.5) is 0 Å². The second-order valence-corrected chi connectivity index (χ2v) is 6.63. The van der Waals surface area contributed by atoms with Crippen molar-refractivity contribution >= 4 is 15.9 Å². The Morgan fingerprint density at radius 2 is 2.37 bits per heavy atom. The fraction of sp³-hybridized carbons (Fsp3) is 0.667. The maximum Gasteiger partial charge on any atom is 0.0658 e. The van der Waals surface area contributed by atoms with Crippen LogP contribution in [0, 0.1) is 0 Å². The number of hydrogen-bond acceptors (Lipinski definition) is 3. The van der Waals surface area contributed by atoms with Crippen LogP contribution in [0.2, 0.25) is 0 Å². The molecule has 0 radical (unpaired) electrons. The Morgan fingerprint density at radius 3 is 3.05 bits per heavy atom. The van der Waals surface area contributed by atoms with E-state index in [0.29, 0.717) is 12.1 Å². The average molecular weight is 325 g/mol. The van der Waals surface area contributed by atoms with Crippen LogP contribution in [-0.4, -0.2) is 35.7 Å². The van der Waals surface area contributed by atoms with Gasteiger partial charge in [-0.3, -0.25) is 9.88 Å². The molecule has 19 heavy (non-hydrogen) atoms. The highest BCUT2D eigenvalue weighted by Crippen LogP contribution is 2.49. The van der Waals surface area contributed by atoms with Gasteiger partial charge >= 0.3 is 0 Å². The third-order valence-corrected chi connectivity index (χ3v) is 5.29. The molecule has 1 aromatic heterocycles. The van der Waals surface area contributed by atoms with Crippen molar-refractivity contribution in [3.05, 3.63) is 28.5 Å². The zero-order chi connectivity index (χ0) is 13.5. The predicted octanol–water partition coefficient (Wildman–Crippen LogP) is 3.33. The van der Waals surface area contributed by atoms with Gasteiger partial charge in [-0.05, 0) is 67.7 Å². The second-order valence-electron chi connectivity index (χ2n) is 5.71. The number of piperidine rings is 1. The molecule has 2 aliphatic heterocycles. The van der Waals surface area contributed by atoms with Crippen LogP contribution in [-0.2, 0) is 10.3 Å². The van der Waals surface area contributed by atoms with Crippen molar-refractivity contribution in [2.45, 2.75) is 50.3 Å². The first-order valence-corrected chi connectivity index (χ1v) is 7.91. The lowest BCUT2D eigenvalue weighted by Gasteiger charge is -2.45. The monoisotopic (exact) mass is 324 g/mol. The van der Waals surface area contributed by atoms with Crippen LogP contribution in [0.1, 0.15) is 38.3 Å². The van der Waals surface area contributed by atoms with Gasteiger partial charge in [0.05, 0.1) is 17.3 Å². The lowest BCUT2D eigenvalue weighted by Crippen LogP contribution is -2.50. The normalized spacial score (nSPS) is 34.7. The van der Waals surface area contributed by atoms with Crippen LogP contribution in [0.5, 0.6) is 0 Å². The molecule has 3 heterocycles. The summed E-state index contributed by atoms with van der Waals surface area (Å²) in [6.45, 7) is 2.90. The predicted molar refractivity (Wildman–Crippen MR) is 79.0 cm³/mol. The topological polar surface area (TPSA) is 25.4 Å². The number of rotatable bonds is 3. The van der Waals surface area contributed by atoms with Crippen LogP contribution >= 0.6 is 15.9 Å². The summed E-state index contributed by atoms with van der Waals surface area (Å²) in [4.78, 5) is 7.21. The van der Waals surface area contributed by atoms with Crippen molar-refractivity contribution < 1.29 is 4.74 Å². The van der Waals surface area contributed by atoms with Crippen molar-refractivity contribution in [3.63, 3.8) is 0 Å². The number of ether oxygens (including phenoxy) is 1. The molecule has 2 fully saturated rings. The highest BCUT2D eigenvalue weighted by Gasteiger charge is 2.51. The minimum absolute atomic E-state index is 0.0868. The highest BCUT2D eigenvalue weighted by atomic mass is 79.9. The zero-order valence-electron chi connectivity index (χ0n) is 11.6. The fourth-order valence-electron chi connectivity index (χ4n) is 3.84. The third-order valence-electron chi connectivity index (χ3n) is 4.82. The summed E-state index contributed by atoms with van der Waals surface area (Å²) in [5.41, 5.74) is 1.29. The SMILES string of the molecule is CCOC1CC2CCC(c3ccc(Br)cn3)(C1)N2C. The first-order chi connectivity index (χ1) is 9.15. The van der Waals surface area contributed by atoms with E-state index in [9.17, 15) is 0 Å². The van der Waals surface area contributed by atoms with Crippen molar-refractivity contribution in [1.29, 1.82) is 0 Å². The van der Waals surface area contributed by atoms with Gasteiger partial charge < -0.3 is 4.74 Å². The minimum Gasteiger partial charge on any atom is -0.378 e. The summed E-state index contributed by atoms with van der Waals surface area (Å²) in [6.07, 6.45) is 7.00. The number of nitrogens with zero attached hydrogens (tertiary/aromatic N) is 2. The van der Waals surface area contributed by atoms with E-state index in [-0.39, 0.29) is 5.54 Å². The van der Waals surface area contributed by atoms with E-state index in [0.717, 1.165) is 17.5 Å². The number of hydrogen-bond donors (Lipinski definition) is 0. The summed E-state index contributed by atoms with van der Waals surface area (Å²) in [5.74, 6) is 0. The lowest BCUT2D eigenvalue weighted by atomic mass is 9.83. The van der Waals surface area contributed by atoms with Crippen LogP contribution in [0.25, 0.3) is 0 Å². The summed E-state index contributed by atoms with van der Waals surface area (Å²) in [7, 11) is 2.25. The molecule has 3 atom stereocenters. The highest BCUT2D eigenvalue weighted by molar-refractivity contribution is 9.10. The molecule has 1 aromatic rings. The molecule has 0 aliphatic carbocycles. The molecule has 4 heteroatoms. The van der Waals surface area contributed by atoms with Gasteiger partial charge in [-0.2, -0.15) is 0 Å². The quantitative estimate of drug-likeness (QED) is 0.852. The minimum atomic E-state index is 0.0868. The van der Waals surface area contributed by atoms with E-state index in [1.165, 1.54) is 25.0 Å². The summed E-state index contributed by atoms with van der Waals surface area (Å²) in [6, 6.07) is 4.91. The van der Waals surface area contributed by atoms with Crippen molar-refractivity contribution in [1.82, 2.24) is 9.88 Å². The molecule has 3 unspecified atom stereocenters. The van der Waals surface area contributed by atoms with Gasteiger partial charge in [0.1, 0.15) is 0 Å². The number of fused-ring (bicyclic) bond motifs is 2. The van der Waals surface area contributed by atoms with Gasteiger partial charge in [-0.15, -0.1) is 0 Å². The fourth-order valence-corrected chi connectivity index (χ4v) is 4.07. The third kappa shape index (κ3) is 2.24. The molecule has 0 aromatic carbocycles. The molecule has 104 valence electrons. The van der Waals surface area contributed by atoms with E-state index in [2.05, 4.69) is 51.9 Å². The number of aromatic nitrogens is 1. The molecular weight excluding hydrogens is 304 g/mol. The summed E-state index contributed by atoms with van der Waals surface area (Å²) in [5, 5.41) is 0. The first kappa shape index (κ1) is 13.5. The van der Waals surface area contributed by atoms with E-state index >= 15 is 0 Å². The summed E-state index contributed by atoms with van der Waals surface area (Å²) < 4.78 is 6.96. The first-order valence-electron chi connectivity index (χ1n) is 7.12. The standard InChI is InChI=1S/C15H21BrN2O/c1-3-19-13-8-12-6-7-15(9-13,18(12)2)14-5-4-11(16)10-17-14/h4-5,10,12-13H,3,6-9H2,1-2H3. The van der Waals surface area contributed by atoms with E-state index in [4.69, 9.17) is 4.74 Å². The molecule has 0 amide bonds. The zero-order valence-corrected chi connectivity index (χ0v) is 13.2. The Balaban J connectivity index is 1.93. The van der Waals surface area contributed by atoms with Crippen molar-refractivity contribution in [2.24, 2.45) is 0 Å². The van der Waals surface area contributed by atoms with Gasteiger partial charge in [-0.1, -0.05) is 0 Å². The molecule has 0 spiro atoms. The molecule has 2 bridgehead atoms. The van der Waals surface area contributed by atoms with Crippen molar-refractivity contribution in [3.8, 4) is 0 Å². The Bertz CT molecular complexity index is 450. The smallest absolute Gasteiger partial charge is 0.0658 e. The van der Waals surface area contributed by atoms with E-state index in [1.807, 2.05) is 6.20 Å². The van der Waals surface area contributed by atoms with E-state index in [1.54, 1.807) is 0 Å². The largest absolute Gasteiger partial charge is 0.378 e. The van der Waals surface area contributed by atoms with E-state index < -0.39 is 0 Å². The molecule has 2 saturated heterocycles. The van der Waals surface area contributed by atoms with Gasteiger partial charge in [0.15, 0.2) is 0 Å². The molecular formula is C15H21BrN2O. The van der Waals surface area contributed by atoms with Crippen molar-refractivity contribution in [2.75, 3.05) is 13.7 Å². The Kier molecular flexibility index (Phi) is 3.67. The molecule has 3 rings (SSSR count). The molecule has 0 saturated carbocycles. The number of halogens is 1. The molecule has 3 nitrogen and oxygen atoms in total.